The third kappa shape index (κ3) is 2.09. The van der Waals surface area contributed by atoms with Gasteiger partial charge in [-0.1, -0.05) is 19.8 Å². The van der Waals surface area contributed by atoms with Gasteiger partial charge in [0.2, 0.25) is 0 Å². The minimum Gasteiger partial charge on any atom is -0.343 e. The second-order valence-corrected chi connectivity index (χ2v) is 5.97. The van der Waals surface area contributed by atoms with Crippen molar-refractivity contribution in [2.45, 2.75) is 52.5 Å². The Balaban J connectivity index is 2.14. The minimum absolute atomic E-state index is 0.117. The van der Waals surface area contributed by atoms with Gasteiger partial charge in [-0.25, -0.2) is 4.98 Å². The molecule has 0 aliphatic heterocycles. The third-order valence-electron chi connectivity index (χ3n) is 4.28. The number of aromatic amines is 1. The van der Waals surface area contributed by atoms with Crippen molar-refractivity contribution in [1.29, 1.82) is 0 Å². The maximum atomic E-state index is 12.7. The van der Waals surface area contributed by atoms with Crippen LogP contribution in [0.5, 0.6) is 0 Å². The molecule has 2 atom stereocenters. The van der Waals surface area contributed by atoms with Crippen molar-refractivity contribution < 1.29 is 0 Å². The molecule has 102 valence electrons. The van der Waals surface area contributed by atoms with Crippen LogP contribution in [0.4, 0.5) is 0 Å². The average molecular weight is 259 g/mol. The molecule has 3 rings (SSSR count). The van der Waals surface area contributed by atoms with Crippen molar-refractivity contribution >= 4 is 11.0 Å². The normalized spacial score (nSPS) is 23.9. The molecular formula is C15H21N3O. The van der Waals surface area contributed by atoms with Gasteiger partial charge in [-0.05, 0) is 38.7 Å². The van der Waals surface area contributed by atoms with Crippen LogP contribution in [-0.4, -0.2) is 14.5 Å². The molecule has 0 aromatic carbocycles. The molecule has 1 aliphatic rings. The van der Waals surface area contributed by atoms with Gasteiger partial charge in [-0.3, -0.25) is 9.36 Å². The zero-order chi connectivity index (χ0) is 13.6. The molecule has 1 aliphatic carbocycles. The third-order valence-corrected chi connectivity index (χ3v) is 4.28. The van der Waals surface area contributed by atoms with Crippen LogP contribution in [0.3, 0.4) is 0 Å². The van der Waals surface area contributed by atoms with Crippen molar-refractivity contribution in [1.82, 2.24) is 14.5 Å². The summed E-state index contributed by atoms with van der Waals surface area (Å²) in [5.74, 6) is 1.53. The van der Waals surface area contributed by atoms with E-state index in [1.165, 1.54) is 12.8 Å². The lowest BCUT2D eigenvalue weighted by Crippen LogP contribution is -2.30. The molecule has 1 N–H and O–H groups in total. The highest BCUT2D eigenvalue weighted by Gasteiger charge is 2.23. The Kier molecular flexibility index (Phi) is 2.96. The van der Waals surface area contributed by atoms with E-state index in [0.717, 1.165) is 35.4 Å². The highest BCUT2D eigenvalue weighted by Crippen LogP contribution is 2.32. The van der Waals surface area contributed by atoms with Gasteiger partial charge in [-0.15, -0.1) is 0 Å². The fourth-order valence-electron chi connectivity index (χ4n) is 3.39. The van der Waals surface area contributed by atoms with Gasteiger partial charge >= 0.3 is 0 Å². The Bertz CT molecular complexity index is 668. The molecule has 4 heteroatoms. The fraction of sp³-hybridized carbons (Fsp3) is 0.600. The number of fused-ring (bicyclic) bond motifs is 1. The van der Waals surface area contributed by atoms with Crippen LogP contribution in [0.1, 0.15) is 50.2 Å². The lowest BCUT2D eigenvalue weighted by molar-refractivity contribution is 0.274. The number of rotatable bonds is 1. The number of hydrogen-bond donors (Lipinski definition) is 1. The molecule has 0 saturated heterocycles. The molecule has 1 saturated carbocycles. The molecule has 2 aromatic heterocycles. The monoisotopic (exact) mass is 259 g/mol. The van der Waals surface area contributed by atoms with Crippen LogP contribution in [0.2, 0.25) is 0 Å². The number of H-pyrrole nitrogens is 1. The lowest BCUT2D eigenvalue weighted by atomic mass is 9.87. The maximum Gasteiger partial charge on any atom is 0.263 e. The van der Waals surface area contributed by atoms with E-state index in [1.807, 2.05) is 24.5 Å². The molecule has 0 bridgehead atoms. The first-order valence-electron chi connectivity index (χ1n) is 7.14. The van der Waals surface area contributed by atoms with Crippen LogP contribution in [0.25, 0.3) is 11.0 Å². The summed E-state index contributed by atoms with van der Waals surface area (Å²) in [5, 5.41) is 0.723. The molecule has 2 aromatic rings. The molecule has 0 spiro atoms. The van der Waals surface area contributed by atoms with Gasteiger partial charge in [0.25, 0.3) is 5.56 Å². The van der Waals surface area contributed by atoms with Crippen LogP contribution in [-0.2, 0) is 0 Å². The molecule has 19 heavy (non-hydrogen) atoms. The minimum atomic E-state index is 0.117. The number of nitrogens with zero attached hydrogens (tertiary/aromatic N) is 2. The van der Waals surface area contributed by atoms with Crippen LogP contribution < -0.4 is 5.56 Å². The highest BCUT2D eigenvalue weighted by molar-refractivity contribution is 5.75. The van der Waals surface area contributed by atoms with Crippen LogP contribution >= 0.6 is 0 Å². The lowest BCUT2D eigenvalue weighted by Gasteiger charge is -2.29. The Hall–Kier alpha value is -1.58. The molecule has 1 fully saturated rings. The predicted molar refractivity (Wildman–Crippen MR) is 76.5 cm³/mol. The summed E-state index contributed by atoms with van der Waals surface area (Å²) >= 11 is 0. The van der Waals surface area contributed by atoms with E-state index >= 15 is 0 Å². The second kappa shape index (κ2) is 4.51. The first kappa shape index (κ1) is 12.5. The summed E-state index contributed by atoms with van der Waals surface area (Å²) in [7, 11) is 0. The highest BCUT2D eigenvalue weighted by atomic mass is 16.1. The maximum absolute atomic E-state index is 12.7. The zero-order valence-electron chi connectivity index (χ0n) is 11.9. The largest absolute Gasteiger partial charge is 0.343 e. The van der Waals surface area contributed by atoms with Gasteiger partial charge in [-0.2, -0.15) is 0 Å². The van der Waals surface area contributed by atoms with E-state index in [1.54, 1.807) is 0 Å². The summed E-state index contributed by atoms with van der Waals surface area (Å²) in [6, 6.07) is 2.23. The Morgan fingerprint density at radius 2 is 2.16 bits per heavy atom. The predicted octanol–water partition coefficient (Wildman–Crippen LogP) is 3.09. The smallest absolute Gasteiger partial charge is 0.263 e. The molecule has 0 amide bonds. The Labute approximate surface area is 112 Å². The second-order valence-electron chi connectivity index (χ2n) is 5.97. The topological polar surface area (TPSA) is 50.7 Å². The van der Waals surface area contributed by atoms with E-state index < -0.39 is 0 Å². The van der Waals surface area contributed by atoms with Crippen molar-refractivity contribution in [2.24, 2.45) is 5.92 Å². The molecule has 2 unspecified atom stereocenters. The van der Waals surface area contributed by atoms with Crippen LogP contribution in [0, 0.1) is 19.8 Å². The number of aryl methyl sites for hydroxylation is 2. The molecule has 0 radical (unpaired) electrons. The van der Waals surface area contributed by atoms with Gasteiger partial charge in [0.15, 0.2) is 0 Å². The fourth-order valence-corrected chi connectivity index (χ4v) is 3.39. The summed E-state index contributed by atoms with van der Waals surface area (Å²) in [4.78, 5) is 20.4. The first-order valence-corrected chi connectivity index (χ1v) is 7.14. The Morgan fingerprint density at radius 1 is 1.37 bits per heavy atom. The summed E-state index contributed by atoms with van der Waals surface area (Å²) < 4.78 is 1.92. The molecular weight excluding hydrogens is 238 g/mol. The van der Waals surface area contributed by atoms with Crippen molar-refractivity contribution in [2.75, 3.05) is 0 Å². The van der Waals surface area contributed by atoms with E-state index in [2.05, 4.69) is 16.9 Å². The van der Waals surface area contributed by atoms with Gasteiger partial charge in [0.05, 0.1) is 5.39 Å². The molecule has 4 nitrogen and oxygen atoms in total. The van der Waals surface area contributed by atoms with E-state index in [0.29, 0.717) is 12.0 Å². The summed E-state index contributed by atoms with van der Waals surface area (Å²) in [6.07, 6.45) is 4.68. The van der Waals surface area contributed by atoms with E-state index in [-0.39, 0.29) is 5.56 Å². The van der Waals surface area contributed by atoms with Gasteiger partial charge in [0, 0.05) is 11.7 Å². The number of aromatic nitrogens is 3. The number of nitrogens with one attached hydrogen (secondary N) is 1. The summed E-state index contributed by atoms with van der Waals surface area (Å²) in [6.45, 7) is 6.18. The zero-order valence-corrected chi connectivity index (χ0v) is 11.9. The SMILES string of the molecule is Cc1cc2c(=O)n(C3CCCC(C)C3)c(C)nc2[nH]1. The van der Waals surface area contributed by atoms with Gasteiger partial charge in [0.1, 0.15) is 11.5 Å². The summed E-state index contributed by atoms with van der Waals surface area (Å²) in [5.41, 5.74) is 1.83. The Morgan fingerprint density at radius 3 is 2.89 bits per heavy atom. The van der Waals surface area contributed by atoms with E-state index in [9.17, 15) is 4.79 Å². The standard InChI is InChI=1S/C15H21N3O/c1-9-5-4-6-12(7-9)18-11(3)17-14-13(15(18)19)8-10(2)16-14/h8-9,12,16H,4-7H2,1-3H3. The molecule has 2 heterocycles. The van der Waals surface area contributed by atoms with Crippen molar-refractivity contribution in [3.05, 3.63) is 27.9 Å². The van der Waals surface area contributed by atoms with Crippen LogP contribution in [0.15, 0.2) is 10.9 Å². The number of hydrogen-bond acceptors (Lipinski definition) is 2. The van der Waals surface area contributed by atoms with Gasteiger partial charge < -0.3 is 4.98 Å². The average Bonchev–Trinajstić information content (AvgIpc) is 2.70. The quantitative estimate of drug-likeness (QED) is 0.855. The van der Waals surface area contributed by atoms with E-state index in [4.69, 9.17) is 0 Å². The van der Waals surface area contributed by atoms with Crippen molar-refractivity contribution in [3.8, 4) is 0 Å². The first-order chi connectivity index (χ1) is 9.06. The van der Waals surface area contributed by atoms with Crippen molar-refractivity contribution in [3.63, 3.8) is 0 Å².